The first-order valence-corrected chi connectivity index (χ1v) is 13.4. The maximum Gasteiger partial charge on any atom is 1.00 e. The van der Waals surface area contributed by atoms with E-state index in [0.717, 1.165) is 41.1 Å². The molecular formula is C27H31Cl3K2N2O7. The number of benzene rings is 2. The third-order valence-corrected chi connectivity index (χ3v) is 5.49. The van der Waals surface area contributed by atoms with Crippen molar-refractivity contribution in [1.82, 2.24) is 0 Å². The number of hydrogen-bond donors (Lipinski definition) is 3. The van der Waals surface area contributed by atoms with Gasteiger partial charge in [0.1, 0.15) is 18.1 Å². The molecule has 2 amide bonds. The van der Waals surface area contributed by atoms with Crippen LogP contribution in [-0.4, -0.2) is 47.6 Å². The Hall–Kier alpha value is 0.0327. The van der Waals surface area contributed by atoms with Gasteiger partial charge < -0.3 is 32.0 Å². The Bertz CT molecular complexity index is 1120. The average Bonchev–Trinajstić information content (AvgIpc) is 2.94. The molecule has 0 aromatic heterocycles. The van der Waals surface area contributed by atoms with Gasteiger partial charge in [-0.2, -0.15) is 0 Å². The van der Waals surface area contributed by atoms with E-state index in [1.807, 2.05) is 48.6 Å². The smallest absolute Gasteiger partial charge is 1.00 e. The summed E-state index contributed by atoms with van der Waals surface area (Å²) in [6.07, 6.45) is 9.99. The molecule has 2 aliphatic rings. The van der Waals surface area contributed by atoms with Crippen molar-refractivity contribution in [2.24, 2.45) is 0 Å². The number of aromatic hydroxyl groups is 1. The average molecular weight is 680 g/mol. The van der Waals surface area contributed by atoms with Gasteiger partial charge in [-0.1, -0.05) is 36.4 Å². The van der Waals surface area contributed by atoms with E-state index in [0.29, 0.717) is 37.1 Å². The zero-order chi connectivity index (χ0) is 28.9. The summed E-state index contributed by atoms with van der Waals surface area (Å²) in [4.78, 5) is 33.5. The molecule has 0 atom stereocenters. The van der Waals surface area contributed by atoms with Crippen LogP contribution < -0.4 is 123 Å². The number of rotatable bonds is 7. The zero-order valence-electron chi connectivity index (χ0n) is 24.0. The van der Waals surface area contributed by atoms with Crippen molar-refractivity contribution >= 4 is 64.5 Å². The van der Waals surface area contributed by atoms with Crippen molar-refractivity contribution in [2.75, 3.05) is 34.9 Å². The van der Waals surface area contributed by atoms with Crippen LogP contribution in [0.2, 0.25) is 0 Å². The summed E-state index contributed by atoms with van der Waals surface area (Å²) in [5, 5.41) is 23.1. The van der Waals surface area contributed by atoms with Crippen LogP contribution >= 0.6 is 34.8 Å². The molecule has 0 spiro atoms. The first kappa shape index (κ1) is 43.2. The number of fused-ring (bicyclic) bond motifs is 2. The van der Waals surface area contributed by atoms with Gasteiger partial charge in [-0.05, 0) is 36.1 Å². The Kier molecular flexibility index (Phi) is 29.0. The zero-order valence-corrected chi connectivity index (χ0v) is 31.6. The number of phenols is 1. The van der Waals surface area contributed by atoms with Gasteiger partial charge in [-0.15, -0.1) is 34.8 Å². The normalized spacial score (nSPS) is 12.5. The number of aryl methyl sites for hydroxylation is 2. The molecule has 4 rings (SSSR count). The van der Waals surface area contributed by atoms with Gasteiger partial charge in [0.15, 0.2) is 0 Å². The minimum absolute atomic E-state index is 0. The van der Waals surface area contributed by atoms with Crippen molar-refractivity contribution in [3.63, 3.8) is 0 Å². The summed E-state index contributed by atoms with van der Waals surface area (Å²) < 4.78 is 5.51. The number of anilines is 2. The molecule has 41 heavy (non-hydrogen) atoms. The van der Waals surface area contributed by atoms with Crippen LogP contribution in [0, 0.1) is 0 Å². The van der Waals surface area contributed by atoms with Gasteiger partial charge in [0.05, 0.1) is 0 Å². The number of ether oxygens (including phenoxy) is 1. The summed E-state index contributed by atoms with van der Waals surface area (Å²) in [6, 6.07) is 10.8. The summed E-state index contributed by atoms with van der Waals surface area (Å²) >= 11 is 16.0. The molecule has 0 bridgehead atoms. The topological polar surface area (TPSA) is 137 Å². The number of carbonyl (C=O) groups is 3. The Morgan fingerprint density at radius 2 is 1.27 bits per heavy atom. The molecule has 0 saturated carbocycles. The first-order valence-electron chi connectivity index (χ1n) is 11.8. The van der Waals surface area contributed by atoms with E-state index in [1.165, 1.54) is 0 Å². The molecule has 0 aliphatic carbocycles. The quantitative estimate of drug-likeness (QED) is 0.0818. The monoisotopic (exact) mass is 678 g/mol. The number of halogens is 3. The molecule has 2 aliphatic heterocycles. The van der Waals surface area contributed by atoms with E-state index < -0.39 is 0 Å². The van der Waals surface area contributed by atoms with E-state index >= 15 is 0 Å². The summed E-state index contributed by atoms with van der Waals surface area (Å²) in [5.74, 6) is 2.65. The standard InChI is InChI=1S/C13H14ClNO2.C9H9NO2.C4H6Cl2.CH2O3.2K.H/c14-7-1-2-8-17-11-5-3-10-4-6-13(16)15-12(10)9-11;11-7-3-1-6-2-4-9(12)10-8(6)5-7;5-3-1-2-4-6;2-1-4-3;;;/h1-3,5,9H,4,6-8H2,(H,15,16);1,3,5,11H,2,4H2,(H,10,12);1-2H,3-4H2;1,3H;;;/q;;;;2*+1;-1/p-1/b2-1+;;2-1+;;;;. The maximum atomic E-state index is 11.3. The molecule has 0 saturated heterocycles. The molecular weight excluding hydrogens is 649 g/mol. The molecule has 2 heterocycles. The molecule has 214 valence electrons. The minimum Gasteiger partial charge on any atom is -1.00 e. The molecule has 0 fully saturated rings. The van der Waals surface area contributed by atoms with Crippen molar-refractivity contribution in [2.45, 2.75) is 25.7 Å². The van der Waals surface area contributed by atoms with Crippen LogP contribution in [0.25, 0.3) is 0 Å². The second-order valence-electron chi connectivity index (χ2n) is 7.67. The Labute approximate surface area is 341 Å². The van der Waals surface area contributed by atoms with Gasteiger partial charge in [-0.25, -0.2) is 0 Å². The molecule has 2 aromatic rings. The Morgan fingerprint density at radius 1 is 0.805 bits per heavy atom. The van der Waals surface area contributed by atoms with E-state index in [1.54, 1.807) is 12.1 Å². The van der Waals surface area contributed by atoms with E-state index in [4.69, 9.17) is 54.7 Å². The predicted octanol–water partition coefficient (Wildman–Crippen LogP) is -1.40. The molecule has 0 radical (unpaired) electrons. The minimum atomic E-state index is -0.181. The molecule has 3 N–H and O–H groups in total. The van der Waals surface area contributed by atoms with E-state index in [2.05, 4.69) is 15.5 Å². The molecule has 0 unspecified atom stereocenters. The third-order valence-electron chi connectivity index (χ3n) is 4.95. The number of allylic oxidation sites excluding steroid dienone is 3. The van der Waals surface area contributed by atoms with Gasteiger partial charge in [0, 0.05) is 54.0 Å². The summed E-state index contributed by atoms with van der Waals surface area (Å²) in [5.41, 5.74) is 3.85. The van der Waals surface area contributed by atoms with E-state index in [-0.39, 0.29) is 128 Å². The molecule has 9 nitrogen and oxygen atoms in total. The van der Waals surface area contributed by atoms with Crippen molar-refractivity contribution in [3.8, 4) is 11.5 Å². The fraction of sp³-hybridized carbons (Fsp3) is 0.296. The largest absolute Gasteiger partial charge is 1.00 e. The number of nitrogens with one attached hydrogen (secondary N) is 2. The van der Waals surface area contributed by atoms with Crippen molar-refractivity contribution in [3.05, 3.63) is 71.8 Å². The van der Waals surface area contributed by atoms with Crippen LogP contribution in [0.4, 0.5) is 11.4 Å². The van der Waals surface area contributed by atoms with Gasteiger partial charge >= 0.3 is 103 Å². The van der Waals surface area contributed by atoms with Gasteiger partial charge in [0.2, 0.25) is 11.8 Å². The van der Waals surface area contributed by atoms with Crippen LogP contribution in [0.1, 0.15) is 25.4 Å². The third kappa shape index (κ3) is 19.8. The van der Waals surface area contributed by atoms with Gasteiger partial charge in [0.25, 0.3) is 6.47 Å². The van der Waals surface area contributed by atoms with Crippen molar-refractivity contribution in [1.29, 1.82) is 0 Å². The number of hydrogen-bond acceptors (Lipinski definition) is 7. The summed E-state index contributed by atoms with van der Waals surface area (Å²) in [7, 11) is 0. The number of carbonyl (C=O) groups excluding carboxylic acids is 3. The maximum absolute atomic E-state index is 11.3. The fourth-order valence-electron chi connectivity index (χ4n) is 3.20. The second kappa shape index (κ2) is 27.6. The fourth-order valence-corrected chi connectivity index (χ4v) is 3.58. The Morgan fingerprint density at radius 3 is 1.76 bits per heavy atom. The summed E-state index contributed by atoms with van der Waals surface area (Å²) in [6.45, 7) is 0.305. The molecule has 14 heteroatoms. The van der Waals surface area contributed by atoms with Gasteiger partial charge in [-0.3, -0.25) is 14.4 Å². The van der Waals surface area contributed by atoms with Crippen LogP contribution in [0.5, 0.6) is 11.5 Å². The number of phenolic OH excluding ortho intramolecular Hbond substituents is 1. The SMILES string of the molecule is ClC/C=C/CCl.O=C1CCc2ccc(O)cc2N1.O=C1CCc2ccc(OC/C=C/CCl)cc2N1.O=CO[O-].[H-].[K+].[K+]. The van der Waals surface area contributed by atoms with Crippen molar-refractivity contribution < 1.29 is 139 Å². The van der Waals surface area contributed by atoms with Crippen LogP contribution in [-0.2, 0) is 32.1 Å². The molecule has 2 aromatic carbocycles. The first-order chi connectivity index (χ1) is 18.9. The second-order valence-corrected chi connectivity index (χ2v) is 8.59. The van der Waals surface area contributed by atoms with Crippen LogP contribution in [0.3, 0.4) is 0 Å². The number of alkyl halides is 3. The number of amides is 2. The van der Waals surface area contributed by atoms with E-state index in [9.17, 15) is 9.59 Å². The Balaban J connectivity index is -0.000000535. The predicted molar refractivity (Wildman–Crippen MR) is 153 cm³/mol. The van der Waals surface area contributed by atoms with Crippen LogP contribution in [0.15, 0.2) is 60.7 Å².